The molecule has 0 radical (unpaired) electrons. The Bertz CT molecular complexity index is 1040. The van der Waals surface area contributed by atoms with Crippen molar-refractivity contribution in [1.29, 1.82) is 0 Å². The van der Waals surface area contributed by atoms with Crippen molar-refractivity contribution in [3.63, 3.8) is 0 Å². The predicted molar refractivity (Wildman–Crippen MR) is 112 cm³/mol. The molecule has 0 saturated carbocycles. The summed E-state index contributed by atoms with van der Waals surface area (Å²) in [5, 5.41) is 12.3. The van der Waals surface area contributed by atoms with Crippen molar-refractivity contribution < 1.29 is 27.8 Å². The first-order valence-corrected chi connectivity index (χ1v) is 10.6. The van der Waals surface area contributed by atoms with Gasteiger partial charge in [0.2, 0.25) is 0 Å². The van der Waals surface area contributed by atoms with Crippen LogP contribution in [0.25, 0.3) is 10.4 Å². The van der Waals surface area contributed by atoms with E-state index in [-0.39, 0.29) is 19.3 Å². The molecule has 0 bridgehead atoms. The van der Waals surface area contributed by atoms with Gasteiger partial charge >= 0.3 is 6.18 Å². The number of nitrogens with one attached hydrogen (secondary N) is 1. The van der Waals surface area contributed by atoms with Crippen molar-refractivity contribution in [3.8, 4) is 16.2 Å². The summed E-state index contributed by atoms with van der Waals surface area (Å²) in [6.45, 7) is 1.10. The van der Waals surface area contributed by atoms with Gasteiger partial charge in [-0.25, -0.2) is 0 Å². The number of aromatic nitrogens is 1. The summed E-state index contributed by atoms with van der Waals surface area (Å²) < 4.78 is 49.7. The van der Waals surface area contributed by atoms with Gasteiger partial charge in [0, 0.05) is 29.1 Å². The van der Waals surface area contributed by atoms with Crippen LogP contribution in [0, 0.1) is 0 Å². The Balaban J connectivity index is 1.50. The highest BCUT2D eigenvalue weighted by molar-refractivity contribution is 7.15. The summed E-state index contributed by atoms with van der Waals surface area (Å²) in [5.41, 5.74) is 3.46. The average molecular weight is 450 g/mol. The third-order valence-electron chi connectivity index (χ3n) is 5.15. The molecule has 164 valence electrons. The van der Waals surface area contributed by atoms with Crippen LogP contribution >= 0.6 is 11.3 Å². The number of halogens is 3. The summed E-state index contributed by atoms with van der Waals surface area (Å²) in [6.07, 6.45) is -0.132. The monoisotopic (exact) mass is 450 g/mol. The van der Waals surface area contributed by atoms with Gasteiger partial charge in [-0.15, -0.1) is 11.3 Å². The molecule has 2 N–H and O–H groups in total. The highest BCUT2D eigenvalue weighted by Gasteiger charge is 2.32. The van der Waals surface area contributed by atoms with Gasteiger partial charge in [0.25, 0.3) is 0 Å². The normalized spacial score (nSPS) is 15.9. The molecule has 0 fully saturated rings. The van der Waals surface area contributed by atoms with Gasteiger partial charge in [-0.2, -0.15) is 13.2 Å². The zero-order valence-corrected chi connectivity index (χ0v) is 17.3. The molecule has 1 aliphatic rings. The number of fused-ring (bicyclic) bond motifs is 1. The third-order valence-corrected chi connectivity index (χ3v) is 6.33. The van der Waals surface area contributed by atoms with Crippen LogP contribution in [0.2, 0.25) is 0 Å². The van der Waals surface area contributed by atoms with Crippen LogP contribution in [0.15, 0.2) is 48.8 Å². The number of pyridine rings is 1. The van der Waals surface area contributed by atoms with Crippen molar-refractivity contribution in [3.05, 3.63) is 64.8 Å². The molecule has 31 heavy (non-hydrogen) atoms. The zero-order valence-electron chi connectivity index (χ0n) is 16.5. The minimum atomic E-state index is -4.34. The fourth-order valence-electron chi connectivity index (χ4n) is 3.57. The topological polar surface area (TPSA) is 63.6 Å². The van der Waals surface area contributed by atoms with Crippen LogP contribution in [0.4, 0.5) is 18.9 Å². The molecule has 4 rings (SSSR count). The lowest BCUT2D eigenvalue weighted by Gasteiger charge is -2.27. The smallest absolute Gasteiger partial charge is 0.425 e. The molecule has 1 aromatic carbocycles. The first-order valence-electron chi connectivity index (χ1n) is 9.75. The number of thiophene rings is 1. The molecule has 1 aliphatic heterocycles. The van der Waals surface area contributed by atoms with E-state index in [1.165, 1.54) is 6.07 Å². The highest BCUT2D eigenvalue weighted by atomic mass is 32.1. The molecule has 1 atom stereocenters. The molecule has 3 heterocycles. The van der Waals surface area contributed by atoms with E-state index in [4.69, 9.17) is 14.6 Å². The maximum Gasteiger partial charge on any atom is 0.425 e. The maximum atomic E-state index is 12.9. The summed E-state index contributed by atoms with van der Waals surface area (Å²) in [6, 6.07) is 10.0. The largest absolute Gasteiger partial charge is 0.493 e. The second-order valence-electron chi connectivity index (χ2n) is 7.14. The highest BCUT2D eigenvalue weighted by Crippen LogP contribution is 2.41. The number of rotatable bonds is 7. The lowest BCUT2D eigenvalue weighted by Crippen LogP contribution is -2.21. The van der Waals surface area contributed by atoms with Gasteiger partial charge in [-0.3, -0.25) is 4.98 Å². The predicted octanol–water partition coefficient (Wildman–Crippen LogP) is 5.27. The lowest BCUT2D eigenvalue weighted by atomic mass is 9.91. The minimum Gasteiger partial charge on any atom is -0.493 e. The summed E-state index contributed by atoms with van der Waals surface area (Å²) in [5.74, 6) is 0.881. The molecule has 3 aromatic rings. The Hall–Kier alpha value is -2.62. The SMILES string of the molecule is OCOCc1ccncc1NC[C@H]1CCOc2cc(-c3ccc(C(F)(F)F)s3)ccc21. The fourth-order valence-corrected chi connectivity index (χ4v) is 4.44. The van der Waals surface area contributed by atoms with Crippen molar-refractivity contribution in [2.75, 3.05) is 25.3 Å². The molecule has 5 nitrogen and oxygen atoms in total. The van der Waals surface area contributed by atoms with E-state index in [1.54, 1.807) is 12.4 Å². The zero-order chi connectivity index (χ0) is 21.8. The molecule has 2 aromatic heterocycles. The number of alkyl halides is 3. The molecular formula is C22H21F3N2O3S. The number of anilines is 1. The molecule has 0 unspecified atom stereocenters. The Morgan fingerprint density at radius 3 is 2.87 bits per heavy atom. The Kier molecular flexibility index (Phi) is 6.45. The number of aliphatic hydroxyl groups is 1. The number of hydrogen-bond acceptors (Lipinski definition) is 6. The van der Waals surface area contributed by atoms with Gasteiger partial charge in [0.1, 0.15) is 17.4 Å². The Morgan fingerprint density at radius 2 is 2.10 bits per heavy atom. The molecule has 0 spiro atoms. The molecule has 0 amide bonds. The second kappa shape index (κ2) is 9.25. The van der Waals surface area contributed by atoms with Crippen LogP contribution in [0.3, 0.4) is 0 Å². The number of aliphatic hydroxyl groups excluding tert-OH is 1. The van der Waals surface area contributed by atoms with E-state index >= 15 is 0 Å². The van der Waals surface area contributed by atoms with E-state index in [1.807, 2.05) is 24.3 Å². The standard InChI is InChI=1S/C22H21F3N2O3S/c23-22(24,25)21-4-3-20(31-21)14-1-2-17-15(6-8-30-19(17)9-14)10-27-18-11-26-7-5-16(18)12-29-13-28/h1-5,7,9,11,15,27-28H,6,8,10,12-13H2/t15-/m1/s1. The first-order chi connectivity index (χ1) is 15.0. The van der Waals surface area contributed by atoms with E-state index in [0.717, 1.165) is 40.6 Å². The molecular weight excluding hydrogens is 429 g/mol. The number of benzene rings is 1. The fraction of sp³-hybridized carbons (Fsp3) is 0.318. The number of ether oxygens (including phenoxy) is 2. The third kappa shape index (κ3) is 5.00. The van der Waals surface area contributed by atoms with E-state index in [9.17, 15) is 13.2 Å². The summed E-state index contributed by atoms with van der Waals surface area (Å²) in [7, 11) is 0. The Morgan fingerprint density at radius 1 is 1.23 bits per heavy atom. The van der Waals surface area contributed by atoms with Crippen molar-refractivity contribution in [1.82, 2.24) is 4.98 Å². The summed E-state index contributed by atoms with van der Waals surface area (Å²) in [4.78, 5) is 4.09. The second-order valence-corrected chi connectivity index (χ2v) is 8.22. The van der Waals surface area contributed by atoms with Crippen molar-refractivity contribution in [2.45, 2.75) is 25.1 Å². The first kappa shape index (κ1) is 21.6. The van der Waals surface area contributed by atoms with Crippen LogP contribution < -0.4 is 10.1 Å². The van der Waals surface area contributed by atoms with Gasteiger partial charge in [0.05, 0.1) is 25.1 Å². The van der Waals surface area contributed by atoms with Crippen molar-refractivity contribution in [2.24, 2.45) is 0 Å². The van der Waals surface area contributed by atoms with Crippen LogP contribution in [0.5, 0.6) is 5.75 Å². The van der Waals surface area contributed by atoms with E-state index < -0.39 is 11.1 Å². The number of hydrogen-bond donors (Lipinski definition) is 2. The van der Waals surface area contributed by atoms with Gasteiger partial charge in [0.15, 0.2) is 0 Å². The van der Waals surface area contributed by atoms with Crippen molar-refractivity contribution >= 4 is 17.0 Å². The van der Waals surface area contributed by atoms with E-state index in [0.29, 0.717) is 29.3 Å². The molecule has 0 saturated heterocycles. The average Bonchev–Trinajstić information content (AvgIpc) is 3.27. The quantitative estimate of drug-likeness (QED) is 0.480. The maximum absolute atomic E-state index is 12.9. The van der Waals surface area contributed by atoms with E-state index in [2.05, 4.69) is 10.3 Å². The van der Waals surface area contributed by atoms with Gasteiger partial charge in [-0.05, 0) is 41.8 Å². The van der Waals surface area contributed by atoms with Crippen LogP contribution in [0.1, 0.15) is 28.3 Å². The van der Waals surface area contributed by atoms with Crippen LogP contribution in [-0.2, 0) is 17.5 Å². The molecule has 0 aliphatic carbocycles. The summed E-state index contributed by atoms with van der Waals surface area (Å²) >= 11 is 0.730. The molecule has 9 heteroatoms. The lowest BCUT2D eigenvalue weighted by molar-refractivity contribution is -0.134. The number of nitrogens with zero attached hydrogens (tertiary/aromatic N) is 1. The van der Waals surface area contributed by atoms with Gasteiger partial charge < -0.3 is 19.9 Å². The minimum absolute atomic E-state index is 0.179. The Labute approximate surface area is 181 Å². The van der Waals surface area contributed by atoms with Crippen LogP contribution in [-0.4, -0.2) is 30.0 Å². The van der Waals surface area contributed by atoms with Gasteiger partial charge in [-0.1, -0.05) is 12.1 Å².